The Balaban J connectivity index is 1.21. The molecule has 54 heavy (non-hydrogen) atoms. The van der Waals surface area contributed by atoms with Crippen molar-refractivity contribution in [3.63, 3.8) is 0 Å². The van der Waals surface area contributed by atoms with Crippen molar-refractivity contribution in [2.24, 2.45) is 0 Å². The van der Waals surface area contributed by atoms with Crippen molar-refractivity contribution < 1.29 is 50.5 Å². The van der Waals surface area contributed by atoms with Crippen LogP contribution in [-0.4, -0.2) is 54.0 Å². The highest BCUT2D eigenvalue weighted by atomic mass is 32.2. The number of anilines is 4. The van der Waals surface area contributed by atoms with Gasteiger partial charge in [-0.3, -0.25) is 29.3 Å². The van der Waals surface area contributed by atoms with Gasteiger partial charge in [-0.25, -0.2) is 4.79 Å². The molecule has 0 saturated carbocycles. The fourth-order valence-corrected chi connectivity index (χ4v) is 7.26. The zero-order valence-electron chi connectivity index (χ0n) is 28.2. The highest BCUT2D eigenvalue weighted by Crippen LogP contribution is 2.40. The molecule has 276 valence electrons. The van der Waals surface area contributed by atoms with Crippen LogP contribution in [0.2, 0.25) is 0 Å². The van der Waals surface area contributed by atoms with E-state index in [1.807, 2.05) is 0 Å². The molecule has 0 aliphatic rings. The Labute approximate surface area is 307 Å². The summed E-state index contributed by atoms with van der Waals surface area (Å²) in [6.07, 6.45) is 0. The van der Waals surface area contributed by atoms with Crippen LogP contribution in [0, 0.1) is 13.8 Å². The lowest BCUT2D eigenvalue weighted by Gasteiger charge is -2.17. The summed E-state index contributed by atoms with van der Waals surface area (Å²) < 4.78 is 68.2. The molecule has 0 aliphatic carbocycles. The van der Waals surface area contributed by atoms with Gasteiger partial charge in [0.25, 0.3) is 32.1 Å². The lowest BCUT2D eigenvalue weighted by molar-refractivity contribution is 0.0944. The number of urea groups is 1. The minimum Gasteiger partial charge on any atom is -0.506 e. The first-order valence-corrected chi connectivity index (χ1v) is 18.7. The summed E-state index contributed by atoms with van der Waals surface area (Å²) in [7, 11) is -9.40. The van der Waals surface area contributed by atoms with Crippen LogP contribution in [-0.2, 0) is 20.2 Å². The Morgan fingerprint density at radius 2 is 0.926 bits per heavy atom. The van der Waals surface area contributed by atoms with E-state index in [4.69, 9.17) is 0 Å². The Morgan fingerprint density at radius 3 is 1.30 bits per heavy atom. The van der Waals surface area contributed by atoms with Crippen LogP contribution in [0.25, 0.3) is 21.5 Å². The van der Waals surface area contributed by atoms with Crippen molar-refractivity contribution in [3.8, 4) is 11.5 Å². The zero-order chi connectivity index (χ0) is 39.1. The number of aromatic hydroxyl groups is 2. The van der Waals surface area contributed by atoms with Gasteiger partial charge in [0.15, 0.2) is 0 Å². The number of fused-ring (bicyclic) bond motifs is 2. The summed E-state index contributed by atoms with van der Waals surface area (Å²) in [5.74, 6) is -2.54. The summed E-state index contributed by atoms with van der Waals surface area (Å²) in [6, 6.07) is 21.3. The maximum Gasteiger partial charge on any atom is 0.328 e. The SMILES string of the molecule is Cc1ccc(C(=O)NC(=O)NC(=O)c2ccc(C)c(Nc3c(O)ccc4cccc(S(=O)(=O)O)c34)c2)cc1Nc1c(O)ccc2cccc(S(=O)(=O)O)c12. The van der Waals surface area contributed by atoms with E-state index in [9.17, 15) is 50.5 Å². The Kier molecular flexibility index (Phi) is 9.74. The molecule has 6 aromatic carbocycles. The monoisotopic (exact) mass is 770 g/mol. The van der Waals surface area contributed by atoms with Crippen molar-refractivity contribution in [2.45, 2.75) is 23.6 Å². The summed E-state index contributed by atoms with van der Waals surface area (Å²) in [4.78, 5) is 38.2. The first kappa shape index (κ1) is 37.2. The molecule has 0 fully saturated rings. The Morgan fingerprint density at radius 1 is 0.537 bits per heavy atom. The second-order valence-electron chi connectivity index (χ2n) is 12.1. The largest absolute Gasteiger partial charge is 0.506 e. The molecule has 0 aliphatic heterocycles. The van der Waals surface area contributed by atoms with Crippen molar-refractivity contribution >= 4 is 82.4 Å². The maximum absolute atomic E-state index is 13.1. The van der Waals surface area contributed by atoms with Crippen LogP contribution in [0.5, 0.6) is 11.5 Å². The van der Waals surface area contributed by atoms with Crippen LogP contribution in [0.4, 0.5) is 27.5 Å². The quantitative estimate of drug-likeness (QED) is 0.0628. The molecule has 15 nitrogen and oxygen atoms in total. The number of carbonyl (C=O) groups excluding carboxylic acids is 3. The molecule has 6 aromatic rings. The van der Waals surface area contributed by atoms with E-state index in [0.29, 0.717) is 21.9 Å². The number of rotatable bonds is 8. The van der Waals surface area contributed by atoms with E-state index < -0.39 is 47.9 Å². The Bertz CT molecular complexity index is 2600. The first-order valence-electron chi connectivity index (χ1n) is 15.8. The van der Waals surface area contributed by atoms with Gasteiger partial charge >= 0.3 is 6.03 Å². The number of imide groups is 2. The normalized spacial score (nSPS) is 11.6. The molecule has 4 amide bonds. The van der Waals surface area contributed by atoms with E-state index in [1.165, 1.54) is 84.9 Å². The third-order valence-electron chi connectivity index (χ3n) is 8.50. The first-order chi connectivity index (χ1) is 25.4. The fraction of sp³-hybridized carbons (Fsp3) is 0.0541. The van der Waals surface area contributed by atoms with Gasteiger partial charge in [0.05, 0.1) is 11.4 Å². The molecule has 0 heterocycles. The van der Waals surface area contributed by atoms with E-state index >= 15 is 0 Å². The van der Waals surface area contributed by atoms with Crippen molar-refractivity contribution in [2.75, 3.05) is 10.6 Å². The van der Waals surface area contributed by atoms with Gasteiger partial charge in [0, 0.05) is 33.3 Å². The summed E-state index contributed by atoms with van der Waals surface area (Å²) >= 11 is 0. The Hall–Kier alpha value is -6.53. The number of aryl methyl sites for hydroxylation is 2. The van der Waals surface area contributed by atoms with E-state index in [0.717, 1.165) is 0 Å². The number of hydrogen-bond donors (Lipinski definition) is 8. The number of phenolic OH excluding ortho intramolecular Hbond substituents is 2. The van der Waals surface area contributed by atoms with Gasteiger partial charge in [-0.2, -0.15) is 16.8 Å². The predicted octanol–water partition coefficient (Wildman–Crippen LogP) is 6.28. The highest BCUT2D eigenvalue weighted by Gasteiger charge is 2.22. The standard InChI is InChI=1S/C37H30N4O11S2/c1-19-9-11-23(17-25(19)38-33-27(42)15-13-21-5-3-7-29(31(21)33)53(47,48)49)35(44)40-37(46)41-36(45)24-12-10-20(2)26(18-24)39-34-28(43)16-14-22-6-4-8-30(32(22)34)54(50,51)52/h3-18,38-39,42-43H,1-2H3,(H,47,48,49)(H,50,51,52)(H2,40,41,44,45,46). The van der Waals surface area contributed by atoms with E-state index in [2.05, 4.69) is 21.3 Å². The lowest BCUT2D eigenvalue weighted by Crippen LogP contribution is -2.42. The average molecular weight is 771 g/mol. The molecular weight excluding hydrogens is 741 g/mol. The molecule has 0 spiro atoms. The van der Waals surface area contributed by atoms with Crippen LogP contribution < -0.4 is 21.3 Å². The van der Waals surface area contributed by atoms with Crippen molar-refractivity contribution in [1.29, 1.82) is 0 Å². The molecule has 0 radical (unpaired) electrons. The van der Waals surface area contributed by atoms with Crippen LogP contribution in [0.1, 0.15) is 31.8 Å². The molecule has 0 saturated heterocycles. The van der Waals surface area contributed by atoms with E-state index in [1.54, 1.807) is 26.0 Å². The van der Waals surface area contributed by atoms with Gasteiger partial charge in [-0.15, -0.1) is 0 Å². The number of benzene rings is 6. The number of nitrogens with one attached hydrogen (secondary N) is 4. The molecule has 17 heteroatoms. The molecule has 0 unspecified atom stereocenters. The number of carbonyl (C=O) groups is 3. The summed E-state index contributed by atoms with van der Waals surface area (Å²) in [5.41, 5.74) is 1.36. The molecular formula is C37H30N4O11S2. The number of hydrogen-bond acceptors (Lipinski definition) is 11. The highest BCUT2D eigenvalue weighted by molar-refractivity contribution is 7.86. The maximum atomic E-state index is 13.1. The average Bonchev–Trinajstić information content (AvgIpc) is 3.10. The van der Waals surface area contributed by atoms with Gasteiger partial charge in [-0.05, 0) is 84.3 Å². The summed E-state index contributed by atoms with van der Waals surface area (Å²) in [5, 5.41) is 32.1. The molecule has 0 bridgehead atoms. The predicted molar refractivity (Wildman–Crippen MR) is 200 cm³/mol. The van der Waals surface area contributed by atoms with Crippen LogP contribution >= 0.6 is 0 Å². The topological polar surface area (TPSA) is 249 Å². The van der Waals surface area contributed by atoms with Crippen LogP contribution in [0.3, 0.4) is 0 Å². The van der Waals surface area contributed by atoms with Gasteiger partial charge < -0.3 is 20.8 Å². The van der Waals surface area contributed by atoms with Gasteiger partial charge in [0.2, 0.25) is 0 Å². The number of phenols is 2. The summed E-state index contributed by atoms with van der Waals surface area (Å²) in [6.45, 7) is 3.34. The van der Waals surface area contributed by atoms with Crippen molar-refractivity contribution in [1.82, 2.24) is 10.6 Å². The van der Waals surface area contributed by atoms with E-state index in [-0.39, 0.29) is 56.1 Å². The van der Waals surface area contributed by atoms with Crippen molar-refractivity contribution in [3.05, 3.63) is 119 Å². The van der Waals surface area contributed by atoms with Gasteiger partial charge in [-0.1, -0.05) is 48.5 Å². The fourth-order valence-electron chi connectivity index (χ4n) is 5.80. The molecule has 0 atom stereocenters. The molecule has 0 aromatic heterocycles. The second-order valence-corrected chi connectivity index (χ2v) is 14.9. The third kappa shape index (κ3) is 7.50. The third-order valence-corrected chi connectivity index (χ3v) is 10.3. The zero-order valence-corrected chi connectivity index (χ0v) is 29.8. The second kappa shape index (κ2) is 14.1. The molecule has 8 N–H and O–H groups in total. The smallest absolute Gasteiger partial charge is 0.328 e. The van der Waals surface area contributed by atoms with Gasteiger partial charge in [0.1, 0.15) is 21.3 Å². The lowest BCUT2D eigenvalue weighted by atomic mass is 10.1. The minimum absolute atomic E-state index is 0.00150. The van der Waals surface area contributed by atoms with Crippen LogP contribution in [0.15, 0.2) is 107 Å². The molecule has 6 rings (SSSR count). The minimum atomic E-state index is -4.70. The number of amides is 4.